The smallest absolute Gasteiger partial charge is 0.388 e. The molecule has 4 bridgehead atoms. The lowest BCUT2D eigenvalue weighted by Crippen LogP contribution is -2.38. The van der Waals surface area contributed by atoms with E-state index in [0.29, 0.717) is 24.4 Å². The van der Waals surface area contributed by atoms with E-state index in [-0.39, 0.29) is 17.8 Å². The van der Waals surface area contributed by atoms with Crippen LogP contribution in [0.15, 0.2) is 18.3 Å². The summed E-state index contributed by atoms with van der Waals surface area (Å²) in [4.78, 5) is 17.8. The molecule has 4 saturated heterocycles. The van der Waals surface area contributed by atoms with Gasteiger partial charge in [-0.3, -0.25) is 0 Å². The molecule has 158 valence electrons. The standard InChI is InChI=1S/C20H22F2N6O2/c21-20(22)30-19-18(23)24-6-15(25-19)11-3-16(27-7-10-1-12(27)2-10)26-17(4-11)28-8-14-5-13(28)9-29-14/h3-4,6,10,12-14,20H,1-2,5,7-9H2,(H2,23,24)/t10?,12?,13-,14-/m0/s1. The van der Waals surface area contributed by atoms with E-state index >= 15 is 0 Å². The second-order valence-corrected chi connectivity index (χ2v) is 8.54. The van der Waals surface area contributed by atoms with Crippen LogP contribution in [0.2, 0.25) is 0 Å². The van der Waals surface area contributed by atoms with E-state index in [4.69, 9.17) is 15.5 Å². The zero-order valence-corrected chi connectivity index (χ0v) is 16.2. The average molecular weight is 416 g/mol. The van der Waals surface area contributed by atoms with Crippen LogP contribution < -0.4 is 20.3 Å². The molecule has 0 aromatic carbocycles. The molecule has 5 fully saturated rings. The van der Waals surface area contributed by atoms with Crippen molar-refractivity contribution in [1.29, 1.82) is 0 Å². The molecule has 0 amide bonds. The van der Waals surface area contributed by atoms with Crippen molar-refractivity contribution in [3.63, 3.8) is 0 Å². The van der Waals surface area contributed by atoms with Crippen LogP contribution in [0.4, 0.5) is 26.2 Å². The van der Waals surface area contributed by atoms with E-state index in [1.165, 1.54) is 19.0 Å². The second kappa shape index (κ2) is 6.63. The fraction of sp³-hybridized carbons (Fsp3) is 0.550. The van der Waals surface area contributed by atoms with Crippen LogP contribution in [0.5, 0.6) is 5.88 Å². The average Bonchev–Trinajstić information content (AvgIpc) is 3.48. The number of aromatic nitrogens is 3. The van der Waals surface area contributed by atoms with Gasteiger partial charge in [-0.2, -0.15) is 8.78 Å². The van der Waals surface area contributed by atoms with E-state index in [1.807, 2.05) is 12.1 Å². The largest absolute Gasteiger partial charge is 0.413 e. The number of ether oxygens (including phenoxy) is 2. The molecule has 0 radical (unpaired) electrons. The Kier molecular flexibility index (Phi) is 3.99. The zero-order valence-electron chi connectivity index (χ0n) is 16.2. The van der Waals surface area contributed by atoms with Crippen LogP contribution in [0.25, 0.3) is 11.3 Å². The van der Waals surface area contributed by atoms with Crippen molar-refractivity contribution in [2.24, 2.45) is 5.92 Å². The SMILES string of the molecule is Nc1ncc(-c2cc(N3CC4CC3C4)nc(N3C[C@@H]4C[C@H]3CO4)c2)nc1OC(F)F. The number of nitrogens with two attached hydrogens (primary N) is 1. The zero-order chi connectivity index (χ0) is 20.4. The summed E-state index contributed by atoms with van der Waals surface area (Å²) in [6.45, 7) is -0.506. The van der Waals surface area contributed by atoms with Crippen molar-refractivity contribution < 1.29 is 18.3 Å². The molecule has 5 aliphatic rings. The van der Waals surface area contributed by atoms with Gasteiger partial charge < -0.3 is 25.0 Å². The quantitative estimate of drug-likeness (QED) is 0.794. The number of hydrogen-bond donors (Lipinski definition) is 1. The first-order valence-corrected chi connectivity index (χ1v) is 10.3. The number of rotatable bonds is 5. The van der Waals surface area contributed by atoms with Crippen molar-refractivity contribution in [3.05, 3.63) is 18.3 Å². The number of morpholine rings is 1. The molecule has 1 aliphatic carbocycles. The summed E-state index contributed by atoms with van der Waals surface area (Å²) in [7, 11) is 0. The van der Waals surface area contributed by atoms with Crippen LogP contribution in [-0.2, 0) is 4.74 Å². The highest BCUT2D eigenvalue weighted by atomic mass is 19.3. The topological polar surface area (TPSA) is 89.6 Å². The van der Waals surface area contributed by atoms with E-state index in [0.717, 1.165) is 42.6 Å². The van der Waals surface area contributed by atoms with Crippen molar-refractivity contribution >= 4 is 17.5 Å². The van der Waals surface area contributed by atoms with Gasteiger partial charge in [-0.05, 0) is 37.3 Å². The Morgan fingerprint density at radius 2 is 1.83 bits per heavy atom. The number of anilines is 3. The van der Waals surface area contributed by atoms with Crippen LogP contribution in [0.1, 0.15) is 19.3 Å². The summed E-state index contributed by atoms with van der Waals surface area (Å²) in [5.41, 5.74) is 6.85. The molecule has 2 N–H and O–H groups in total. The van der Waals surface area contributed by atoms with Crippen molar-refractivity contribution in [3.8, 4) is 17.1 Å². The summed E-state index contributed by atoms with van der Waals surface area (Å²) < 4.78 is 35.6. The lowest BCUT2D eigenvalue weighted by atomic mass is 9.86. The van der Waals surface area contributed by atoms with Gasteiger partial charge in [0.2, 0.25) is 0 Å². The fourth-order valence-electron chi connectivity index (χ4n) is 5.13. The Labute approximate surface area is 172 Å². The van der Waals surface area contributed by atoms with Gasteiger partial charge in [-0.15, -0.1) is 0 Å². The molecule has 2 atom stereocenters. The summed E-state index contributed by atoms with van der Waals surface area (Å²) in [5, 5.41) is 0. The van der Waals surface area contributed by atoms with Gasteiger partial charge in [0, 0.05) is 24.7 Å². The molecule has 8 nitrogen and oxygen atoms in total. The minimum absolute atomic E-state index is 0.164. The van der Waals surface area contributed by atoms with Crippen LogP contribution in [-0.4, -0.2) is 59.4 Å². The highest BCUT2D eigenvalue weighted by molar-refractivity contribution is 5.70. The van der Waals surface area contributed by atoms with Gasteiger partial charge >= 0.3 is 6.61 Å². The predicted molar refractivity (Wildman–Crippen MR) is 106 cm³/mol. The van der Waals surface area contributed by atoms with Crippen LogP contribution in [0.3, 0.4) is 0 Å². The van der Waals surface area contributed by atoms with E-state index in [2.05, 4.69) is 24.5 Å². The van der Waals surface area contributed by atoms with Gasteiger partial charge in [-0.1, -0.05) is 0 Å². The fourth-order valence-corrected chi connectivity index (χ4v) is 5.13. The number of hydrogen-bond acceptors (Lipinski definition) is 8. The third kappa shape index (κ3) is 2.92. The predicted octanol–water partition coefficient (Wildman–Crippen LogP) is 2.30. The van der Waals surface area contributed by atoms with Crippen molar-refractivity contribution in [2.45, 2.75) is 44.1 Å². The Morgan fingerprint density at radius 3 is 2.43 bits per heavy atom. The monoisotopic (exact) mass is 416 g/mol. The number of halogens is 2. The molecule has 2 aromatic rings. The molecule has 6 heterocycles. The van der Waals surface area contributed by atoms with E-state index < -0.39 is 6.61 Å². The maximum atomic E-state index is 12.7. The minimum atomic E-state index is -3.02. The highest BCUT2D eigenvalue weighted by Gasteiger charge is 2.44. The highest BCUT2D eigenvalue weighted by Crippen LogP contribution is 2.44. The first-order chi connectivity index (χ1) is 14.5. The number of nitrogen functional groups attached to an aromatic ring is 1. The Morgan fingerprint density at radius 1 is 1.07 bits per heavy atom. The number of nitrogens with zero attached hydrogens (tertiary/aromatic N) is 5. The van der Waals surface area contributed by atoms with Crippen LogP contribution >= 0.6 is 0 Å². The van der Waals surface area contributed by atoms with Gasteiger partial charge in [0.15, 0.2) is 5.82 Å². The molecule has 10 heteroatoms. The van der Waals surface area contributed by atoms with Gasteiger partial charge in [0.05, 0.1) is 30.6 Å². The third-order valence-corrected chi connectivity index (χ3v) is 6.66. The normalized spacial score (nSPS) is 29.0. The maximum Gasteiger partial charge on any atom is 0.388 e. The molecule has 0 spiro atoms. The van der Waals surface area contributed by atoms with E-state index in [9.17, 15) is 8.78 Å². The Hall–Kier alpha value is -2.75. The van der Waals surface area contributed by atoms with Gasteiger partial charge in [0.25, 0.3) is 5.88 Å². The summed E-state index contributed by atoms with van der Waals surface area (Å²) >= 11 is 0. The van der Waals surface area contributed by atoms with Crippen LogP contribution in [0, 0.1) is 5.92 Å². The molecule has 2 aromatic heterocycles. The van der Waals surface area contributed by atoms with E-state index in [1.54, 1.807) is 0 Å². The lowest BCUT2D eigenvalue weighted by molar-refractivity contribution is -0.0524. The van der Waals surface area contributed by atoms with Crippen molar-refractivity contribution in [1.82, 2.24) is 15.0 Å². The second-order valence-electron chi connectivity index (χ2n) is 8.54. The molecule has 7 rings (SSSR count). The van der Waals surface area contributed by atoms with Gasteiger partial charge in [-0.25, -0.2) is 15.0 Å². The van der Waals surface area contributed by atoms with Crippen molar-refractivity contribution in [2.75, 3.05) is 35.2 Å². The third-order valence-electron chi connectivity index (χ3n) is 6.66. The molecule has 0 unspecified atom stereocenters. The molecule has 4 aliphatic heterocycles. The number of pyridine rings is 1. The number of fused-ring (bicyclic) bond motifs is 3. The molecule has 30 heavy (non-hydrogen) atoms. The summed E-state index contributed by atoms with van der Waals surface area (Å²) in [5.74, 6) is 1.97. The first-order valence-electron chi connectivity index (χ1n) is 10.3. The lowest BCUT2D eigenvalue weighted by Gasteiger charge is -2.31. The van der Waals surface area contributed by atoms with Gasteiger partial charge in [0.1, 0.15) is 11.6 Å². The summed E-state index contributed by atoms with van der Waals surface area (Å²) in [6.07, 6.45) is 5.14. The molecular formula is C20H22F2N6O2. The maximum absolute atomic E-state index is 12.7. The minimum Gasteiger partial charge on any atom is -0.413 e. The first kappa shape index (κ1) is 18.1. The summed E-state index contributed by atoms with van der Waals surface area (Å²) in [6, 6.07) is 4.74. The Bertz CT molecular complexity index is 986. The molecule has 1 saturated carbocycles. The Balaban J connectivity index is 1.41. The molecular weight excluding hydrogens is 394 g/mol. The number of alkyl halides is 2.